The van der Waals surface area contributed by atoms with Crippen LogP contribution in [0.3, 0.4) is 0 Å². The number of nitrogens with zero attached hydrogens (tertiary/aromatic N) is 2. The van der Waals surface area contributed by atoms with E-state index < -0.39 is 0 Å². The fourth-order valence-electron chi connectivity index (χ4n) is 2.35. The minimum atomic E-state index is -0.147. The van der Waals surface area contributed by atoms with Crippen LogP contribution >= 0.6 is 0 Å². The molecule has 0 spiro atoms. The van der Waals surface area contributed by atoms with Crippen LogP contribution in [0.25, 0.3) is 0 Å². The molecule has 1 heterocycles. The van der Waals surface area contributed by atoms with Crippen molar-refractivity contribution in [1.29, 1.82) is 0 Å². The van der Waals surface area contributed by atoms with Gasteiger partial charge >= 0.3 is 0 Å². The summed E-state index contributed by atoms with van der Waals surface area (Å²) >= 11 is 0. The second-order valence-corrected chi connectivity index (χ2v) is 5.28. The Kier molecular flexibility index (Phi) is 6.07. The number of carbonyl (C=O) groups excluding carboxylic acids is 1. The number of carbonyl (C=O) groups is 1. The first-order valence-corrected chi connectivity index (χ1v) is 7.17. The molecular weight excluding hydrogens is 254 g/mol. The number of aliphatic hydroxyl groups excluding tert-OH is 1. The molecule has 5 heteroatoms. The first-order chi connectivity index (χ1) is 9.48. The molecular formula is C15H25N3O2. The lowest BCUT2D eigenvalue weighted by Crippen LogP contribution is -2.38. The fourth-order valence-corrected chi connectivity index (χ4v) is 2.35. The van der Waals surface area contributed by atoms with Gasteiger partial charge in [-0.25, -0.2) is 9.97 Å². The highest BCUT2D eigenvalue weighted by molar-refractivity contribution is 5.94. The zero-order valence-corrected chi connectivity index (χ0v) is 12.9. The molecule has 1 aromatic rings. The smallest absolute Gasteiger partial charge is 0.254 e. The minimum absolute atomic E-state index is 0.0378. The number of amides is 1. The number of hydrogen-bond donors (Lipinski definition) is 2. The average molecular weight is 279 g/mol. The van der Waals surface area contributed by atoms with E-state index in [-0.39, 0.29) is 17.9 Å². The standard InChI is InChI=1S/C15H25N3O2/c1-5-15(6-2,7-8-19)10-17-14(20)13-9-16-12(4)18-11(13)3/h9,19H,5-8,10H2,1-4H3,(H,17,20). The summed E-state index contributed by atoms with van der Waals surface area (Å²) in [5, 5.41) is 12.1. The second kappa shape index (κ2) is 7.33. The highest BCUT2D eigenvalue weighted by Crippen LogP contribution is 2.29. The lowest BCUT2D eigenvalue weighted by molar-refractivity contribution is 0.0906. The monoisotopic (exact) mass is 279 g/mol. The molecule has 0 aliphatic carbocycles. The van der Waals surface area contributed by atoms with Gasteiger partial charge < -0.3 is 10.4 Å². The van der Waals surface area contributed by atoms with Gasteiger partial charge in [0.25, 0.3) is 5.91 Å². The molecule has 0 aromatic carbocycles. The summed E-state index contributed by atoms with van der Waals surface area (Å²) in [5.74, 6) is 0.516. The van der Waals surface area contributed by atoms with E-state index in [1.807, 2.05) is 6.92 Å². The molecule has 0 saturated carbocycles. The van der Waals surface area contributed by atoms with Gasteiger partial charge in [-0.15, -0.1) is 0 Å². The molecule has 1 amide bonds. The maximum absolute atomic E-state index is 12.2. The largest absolute Gasteiger partial charge is 0.396 e. The van der Waals surface area contributed by atoms with E-state index in [4.69, 9.17) is 0 Å². The van der Waals surface area contributed by atoms with Crippen molar-refractivity contribution in [2.75, 3.05) is 13.2 Å². The topological polar surface area (TPSA) is 75.1 Å². The highest BCUT2D eigenvalue weighted by Gasteiger charge is 2.26. The maximum Gasteiger partial charge on any atom is 0.254 e. The number of aliphatic hydroxyl groups is 1. The van der Waals surface area contributed by atoms with Crippen molar-refractivity contribution in [3.05, 3.63) is 23.3 Å². The van der Waals surface area contributed by atoms with Crippen LogP contribution in [0, 0.1) is 19.3 Å². The third kappa shape index (κ3) is 4.00. The molecule has 0 atom stereocenters. The predicted molar refractivity (Wildman–Crippen MR) is 78.6 cm³/mol. The van der Waals surface area contributed by atoms with E-state index in [0.717, 1.165) is 12.8 Å². The SMILES string of the molecule is CCC(CC)(CCO)CNC(=O)c1cnc(C)nc1C. The van der Waals surface area contributed by atoms with Gasteiger partial charge in [0.1, 0.15) is 5.82 Å². The first kappa shape index (κ1) is 16.6. The third-order valence-corrected chi connectivity index (χ3v) is 4.11. The van der Waals surface area contributed by atoms with Gasteiger partial charge in [0.05, 0.1) is 11.3 Å². The summed E-state index contributed by atoms with van der Waals surface area (Å²) in [7, 11) is 0. The zero-order chi connectivity index (χ0) is 15.2. The fraction of sp³-hybridized carbons (Fsp3) is 0.667. The molecule has 20 heavy (non-hydrogen) atoms. The number of aromatic nitrogens is 2. The van der Waals surface area contributed by atoms with Gasteiger partial charge in [-0.3, -0.25) is 4.79 Å². The molecule has 0 aliphatic heterocycles. The Balaban J connectivity index is 2.75. The zero-order valence-electron chi connectivity index (χ0n) is 12.9. The lowest BCUT2D eigenvalue weighted by atomic mass is 9.79. The van der Waals surface area contributed by atoms with Crippen LogP contribution in [-0.4, -0.2) is 34.1 Å². The summed E-state index contributed by atoms with van der Waals surface area (Å²) in [6, 6.07) is 0. The Hall–Kier alpha value is -1.49. The van der Waals surface area contributed by atoms with Crippen LogP contribution in [0.5, 0.6) is 0 Å². The van der Waals surface area contributed by atoms with Gasteiger partial charge in [0.2, 0.25) is 0 Å². The van der Waals surface area contributed by atoms with Crippen molar-refractivity contribution in [2.45, 2.75) is 47.0 Å². The molecule has 1 rings (SSSR count). The van der Waals surface area contributed by atoms with Crippen molar-refractivity contribution in [3.63, 3.8) is 0 Å². The molecule has 0 radical (unpaired) electrons. The van der Waals surface area contributed by atoms with Crippen LogP contribution in [0.15, 0.2) is 6.20 Å². The van der Waals surface area contributed by atoms with Gasteiger partial charge in [-0.2, -0.15) is 0 Å². The van der Waals surface area contributed by atoms with Crippen LogP contribution in [0.2, 0.25) is 0 Å². The molecule has 112 valence electrons. The van der Waals surface area contributed by atoms with Crippen LogP contribution in [0.4, 0.5) is 0 Å². The molecule has 0 saturated heterocycles. The number of nitrogens with one attached hydrogen (secondary N) is 1. The third-order valence-electron chi connectivity index (χ3n) is 4.11. The number of hydrogen-bond acceptors (Lipinski definition) is 4. The Morgan fingerprint density at radius 2 is 2.00 bits per heavy atom. The summed E-state index contributed by atoms with van der Waals surface area (Å²) in [6.07, 6.45) is 4.11. The normalized spacial score (nSPS) is 11.4. The summed E-state index contributed by atoms with van der Waals surface area (Å²) < 4.78 is 0. The molecule has 1 aromatic heterocycles. The van der Waals surface area contributed by atoms with Gasteiger partial charge in [-0.1, -0.05) is 13.8 Å². The van der Waals surface area contributed by atoms with Gasteiger partial charge in [-0.05, 0) is 38.5 Å². The van der Waals surface area contributed by atoms with E-state index >= 15 is 0 Å². The first-order valence-electron chi connectivity index (χ1n) is 7.17. The van der Waals surface area contributed by atoms with Crippen LogP contribution < -0.4 is 5.32 Å². The maximum atomic E-state index is 12.2. The quantitative estimate of drug-likeness (QED) is 0.800. The van der Waals surface area contributed by atoms with E-state index in [0.29, 0.717) is 30.0 Å². The van der Waals surface area contributed by atoms with Crippen LogP contribution in [-0.2, 0) is 0 Å². The Morgan fingerprint density at radius 3 is 2.50 bits per heavy atom. The van der Waals surface area contributed by atoms with Gasteiger partial charge in [0, 0.05) is 19.3 Å². The Bertz CT molecular complexity index is 456. The van der Waals surface area contributed by atoms with Crippen LogP contribution in [0.1, 0.15) is 55.0 Å². The second-order valence-electron chi connectivity index (χ2n) is 5.28. The average Bonchev–Trinajstić information content (AvgIpc) is 2.43. The molecule has 0 unspecified atom stereocenters. The molecule has 2 N–H and O–H groups in total. The number of rotatable bonds is 7. The van der Waals surface area contributed by atoms with Crippen molar-refractivity contribution >= 4 is 5.91 Å². The van der Waals surface area contributed by atoms with E-state index in [9.17, 15) is 9.90 Å². The molecule has 0 fully saturated rings. The molecule has 5 nitrogen and oxygen atoms in total. The van der Waals surface area contributed by atoms with Gasteiger partial charge in [0.15, 0.2) is 0 Å². The molecule has 0 bridgehead atoms. The Labute approximate surface area is 120 Å². The molecule has 0 aliphatic rings. The van der Waals surface area contributed by atoms with E-state index in [1.54, 1.807) is 13.1 Å². The predicted octanol–water partition coefficient (Wildman–Crippen LogP) is 2.01. The summed E-state index contributed by atoms with van der Waals surface area (Å²) in [4.78, 5) is 20.5. The van der Waals surface area contributed by atoms with E-state index in [1.165, 1.54) is 0 Å². The van der Waals surface area contributed by atoms with Crippen molar-refractivity contribution in [1.82, 2.24) is 15.3 Å². The van der Waals surface area contributed by atoms with E-state index in [2.05, 4.69) is 29.1 Å². The highest BCUT2D eigenvalue weighted by atomic mass is 16.3. The van der Waals surface area contributed by atoms with Crippen molar-refractivity contribution in [3.8, 4) is 0 Å². The lowest BCUT2D eigenvalue weighted by Gasteiger charge is -2.31. The minimum Gasteiger partial charge on any atom is -0.396 e. The van der Waals surface area contributed by atoms with Crippen molar-refractivity contribution in [2.24, 2.45) is 5.41 Å². The number of aryl methyl sites for hydroxylation is 2. The summed E-state index contributed by atoms with van der Waals surface area (Å²) in [6.45, 7) is 8.49. The summed E-state index contributed by atoms with van der Waals surface area (Å²) in [5.41, 5.74) is 1.17. The Morgan fingerprint density at radius 1 is 1.35 bits per heavy atom. The van der Waals surface area contributed by atoms with Crippen molar-refractivity contribution < 1.29 is 9.90 Å².